The quantitative estimate of drug-likeness (QED) is 0.744. The summed E-state index contributed by atoms with van der Waals surface area (Å²) in [5.74, 6) is 0.274. The van der Waals surface area contributed by atoms with Crippen LogP contribution in [0.3, 0.4) is 0 Å². The molecule has 0 bridgehead atoms. The van der Waals surface area contributed by atoms with Crippen molar-refractivity contribution in [2.45, 2.75) is 0 Å². The lowest BCUT2D eigenvalue weighted by Crippen LogP contribution is -2.20. The van der Waals surface area contributed by atoms with Gasteiger partial charge in [-0.15, -0.1) is 0 Å². The minimum atomic E-state index is -0.449. The van der Waals surface area contributed by atoms with Crippen molar-refractivity contribution in [3.05, 3.63) is 59.0 Å². The van der Waals surface area contributed by atoms with Gasteiger partial charge in [0, 0.05) is 17.3 Å². The van der Waals surface area contributed by atoms with Crippen molar-refractivity contribution < 1.29 is 23.9 Å². The first-order valence-electron chi connectivity index (χ1n) is 7.96. The number of hydrogen-bond acceptors (Lipinski definition) is 6. The zero-order chi connectivity index (χ0) is 19.2. The van der Waals surface area contributed by atoms with Gasteiger partial charge >= 0.3 is 0 Å². The van der Waals surface area contributed by atoms with E-state index in [4.69, 9.17) is 9.47 Å². The van der Waals surface area contributed by atoms with Crippen molar-refractivity contribution in [3.63, 3.8) is 0 Å². The molecule has 0 unspecified atom stereocenters. The van der Waals surface area contributed by atoms with Gasteiger partial charge in [0.1, 0.15) is 11.5 Å². The molecule has 1 aliphatic rings. The van der Waals surface area contributed by atoms with E-state index in [-0.39, 0.29) is 17.4 Å². The average molecular weight is 384 g/mol. The number of rotatable bonds is 6. The summed E-state index contributed by atoms with van der Waals surface area (Å²) in [6.07, 6.45) is 1.56. The number of thioether (sulfide) groups is 1. The van der Waals surface area contributed by atoms with E-state index in [1.165, 1.54) is 0 Å². The summed E-state index contributed by atoms with van der Waals surface area (Å²) in [4.78, 5) is 35.4. The lowest BCUT2D eigenvalue weighted by Gasteiger charge is -2.10. The summed E-state index contributed by atoms with van der Waals surface area (Å²) in [5.41, 5.74) is 1.19. The molecule has 27 heavy (non-hydrogen) atoms. The van der Waals surface area contributed by atoms with Crippen LogP contribution in [0, 0.1) is 0 Å². The van der Waals surface area contributed by atoms with Gasteiger partial charge in [-0.3, -0.25) is 19.7 Å². The summed E-state index contributed by atoms with van der Waals surface area (Å²) < 4.78 is 10.7. The Hall–Kier alpha value is -3.26. The summed E-state index contributed by atoms with van der Waals surface area (Å²) in [6.45, 7) is -0.213. The third-order valence-corrected chi connectivity index (χ3v) is 4.37. The Morgan fingerprint density at radius 1 is 1.19 bits per heavy atom. The van der Waals surface area contributed by atoms with Crippen LogP contribution >= 0.6 is 11.8 Å². The van der Waals surface area contributed by atoms with Gasteiger partial charge in [-0.25, -0.2) is 0 Å². The molecule has 0 saturated carbocycles. The maximum atomic E-state index is 12.1. The van der Waals surface area contributed by atoms with E-state index in [0.717, 1.165) is 11.8 Å². The molecule has 1 aliphatic heterocycles. The zero-order valence-corrected chi connectivity index (χ0v) is 15.2. The number of methoxy groups -OCH3 is 1. The summed E-state index contributed by atoms with van der Waals surface area (Å²) in [7, 11) is 1.55. The van der Waals surface area contributed by atoms with Crippen molar-refractivity contribution in [2.75, 3.05) is 19.0 Å². The number of para-hydroxylation sites is 1. The molecular weight excluding hydrogens is 368 g/mol. The predicted molar refractivity (Wildman–Crippen MR) is 103 cm³/mol. The van der Waals surface area contributed by atoms with E-state index in [0.29, 0.717) is 22.7 Å². The van der Waals surface area contributed by atoms with Crippen LogP contribution in [-0.2, 0) is 9.59 Å². The van der Waals surface area contributed by atoms with Crippen molar-refractivity contribution in [3.8, 4) is 11.5 Å². The average Bonchev–Trinajstić information content (AvgIpc) is 2.98. The van der Waals surface area contributed by atoms with Crippen LogP contribution in [-0.4, -0.2) is 30.8 Å². The molecule has 2 aromatic carbocycles. The maximum absolute atomic E-state index is 12.1. The predicted octanol–water partition coefficient (Wildman–Crippen LogP) is 3.04. The summed E-state index contributed by atoms with van der Waals surface area (Å²) in [6, 6.07) is 13.9. The number of benzene rings is 2. The standard InChI is InChI=1S/C19H16N2O5S/c1-25-14-7-4-6-13(10-14)20-17(22)11-26-15-8-3-2-5-12(15)9-16-18(23)21-19(24)27-16/h2-10H,11H2,1H3,(H,20,22)(H,21,23,24)/b16-9-. The minimum Gasteiger partial charge on any atom is -0.497 e. The number of imide groups is 1. The van der Waals surface area contributed by atoms with Crippen LogP contribution in [0.1, 0.15) is 5.56 Å². The first-order chi connectivity index (χ1) is 13.0. The smallest absolute Gasteiger partial charge is 0.290 e. The molecule has 7 nitrogen and oxygen atoms in total. The molecule has 0 aliphatic carbocycles. The van der Waals surface area contributed by atoms with Crippen molar-refractivity contribution in [1.82, 2.24) is 5.32 Å². The highest BCUT2D eigenvalue weighted by Gasteiger charge is 2.25. The Kier molecular flexibility index (Phi) is 5.77. The molecule has 0 radical (unpaired) electrons. The largest absolute Gasteiger partial charge is 0.497 e. The second-order valence-corrected chi connectivity index (χ2v) is 6.47. The Labute approximate surface area is 159 Å². The lowest BCUT2D eigenvalue weighted by atomic mass is 10.2. The van der Waals surface area contributed by atoms with Crippen molar-refractivity contribution in [2.24, 2.45) is 0 Å². The van der Waals surface area contributed by atoms with Crippen LogP contribution in [0.5, 0.6) is 11.5 Å². The molecule has 138 valence electrons. The van der Waals surface area contributed by atoms with Gasteiger partial charge in [0.05, 0.1) is 12.0 Å². The second kappa shape index (κ2) is 8.41. The maximum Gasteiger partial charge on any atom is 0.290 e. The van der Waals surface area contributed by atoms with Gasteiger partial charge in [-0.1, -0.05) is 24.3 Å². The molecule has 1 fully saturated rings. The number of carbonyl (C=O) groups excluding carboxylic acids is 3. The summed E-state index contributed by atoms with van der Waals surface area (Å²) in [5, 5.41) is 4.50. The lowest BCUT2D eigenvalue weighted by molar-refractivity contribution is -0.118. The van der Waals surface area contributed by atoms with E-state index >= 15 is 0 Å². The van der Waals surface area contributed by atoms with Crippen LogP contribution in [0.4, 0.5) is 10.5 Å². The Morgan fingerprint density at radius 3 is 2.74 bits per heavy atom. The number of anilines is 1. The molecule has 3 rings (SSSR count). The third-order valence-electron chi connectivity index (χ3n) is 3.56. The first-order valence-corrected chi connectivity index (χ1v) is 8.77. The van der Waals surface area contributed by atoms with Crippen LogP contribution in [0.2, 0.25) is 0 Å². The zero-order valence-electron chi connectivity index (χ0n) is 14.4. The molecule has 8 heteroatoms. The van der Waals surface area contributed by atoms with Crippen molar-refractivity contribution >= 4 is 40.6 Å². The molecule has 1 saturated heterocycles. The topological polar surface area (TPSA) is 93.7 Å². The first kappa shape index (κ1) is 18.5. The Morgan fingerprint density at radius 2 is 2.00 bits per heavy atom. The highest BCUT2D eigenvalue weighted by atomic mass is 32.2. The van der Waals surface area contributed by atoms with E-state index < -0.39 is 11.1 Å². The van der Waals surface area contributed by atoms with Gasteiger partial charge in [0.25, 0.3) is 17.1 Å². The third kappa shape index (κ3) is 4.89. The van der Waals surface area contributed by atoms with E-state index in [1.54, 1.807) is 61.7 Å². The van der Waals surface area contributed by atoms with Gasteiger partial charge in [0.2, 0.25) is 0 Å². The number of nitrogens with one attached hydrogen (secondary N) is 2. The van der Waals surface area contributed by atoms with E-state index in [1.807, 2.05) is 0 Å². The van der Waals surface area contributed by atoms with Gasteiger partial charge in [-0.05, 0) is 36.0 Å². The minimum absolute atomic E-state index is 0.213. The molecule has 1 heterocycles. The molecule has 0 atom stereocenters. The molecule has 2 aromatic rings. The van der Waals surface area contributed by atoms with Gasteiger partial charge in [-0.2, -0.15) is 0 Å². The van der Waals surface area contributed by atoms with Crippen LogP contribution < -0.4 is 20.1 Å². The molecule has 0 spiro atoms. The fourth-order valence-corrected chi connectivity index (χ4v) is 3.01. The second-order valence-electron chi connectivity index (χ2n) is 5.46. The van der Waals surface area contributed by atoms with Gasteiger partial charge in [0.15, 0.2) is 6.61 Å². The van der Waals surface area contributed by atoms with Crippen LogP contribution in [0.25, 0.3) is 6.08 Å². The molecular formula is C19H16N2O5S. The SMILES string of the molecule is COc1cccc(NC(=O)COc2ccccc2/C=C2\SC(=O)NC2=O)c1. The highest BCUT2D eigenvalue weighted by molar-refractivity contribution is 8.18. The number of hydrogen-bond donors (Lipinski definition) is 2. The number of amides is 3. The normalized spacial score (nSPS) is 14.8. The van der Waals surface area contributed by atoms with E-state index in [2.05, 4.69) is 10.6 Å². The Bertz CT molecular complexity index is 926. The fraction of sp³-hybridized carbons (Fsp3) is 0.105. The number of carbonyl (C=O) groups is 3. The monoisotopic (exact) mass is 384 g/mol. The molecule has 0 aromatic heterocycles. The van der Waals surface area contributed by atoms with E-state index in [9.17, 15) is 14.4 Å². The van der Waals surface area contributed by atoms with Gasteiger partial charge < -0.3 is 14.8 Å². The van der Waals surface area contributed by atoms with Crippen LogP contribution in [0.15, 0.2) is 53.4 Å². The fourth-order valence-electron chi connectivity index (χ4n) is 2.33. The summed E-state index contributed by atoms with van der Waals surface area (Å²) >= 11 is 0.822. The number of ether oxygens (including phenoxy) is 2. The molecule has 3 amide bonds. The highest BCUT2D eigenvalue weighted by Crippen LogP contribution is 2.29. The Balaban J connectivity index is 1.66. The van der Waals surface area contributed by atoms with Crippen molar-refractivity contribution in [1.29, 1.82) is 0 Å². The molecule has 2 N–H and O–H groups in total.